The quantitative estimate of drug-likeness (QED) is 0.142. The van der Waals surface area contributed by atoms with E-state index < -0.39 is 0 Å². The molecule has 0 spiro atoms. The number of thiophene rings is 1. The van der Waals surface area contributed by atoms with E-state index in [-0.39, 0.29) is 16.2 Å². The molecule has 0 saturated heterocycles. The Labute approximate surface area is 700 Å². The molecule has 0 atom stereocenters. The van der Waals surface area contributed by atoms with Crippen LogP contribution in [0.25, 0.3) is 194 Å². The molecule has 9 heteroatoms. The minimum Gasteiger partial charge on any atom is -0.455 e. The van der Waals surface area contributed by atoms with Gasteiger partial charge in [-0.25, -0.2) is 29.9 Å². The lowest BCUT2D eigenvalue weighted by Gasteiger charge is -2.23. The third-order valence-electron chi connectivity index (χ3n) is 24.9. The zero-order chi connectivity index (χ0) is 80.5. The highest BCUT2D eigenvalue weighted by Crippen LogP contribution is 2.56. The summed E-state index contributed by atoms with van der Waals surface area (Å²) in [5.41, 5.74) is 32.8. The highest BCUT2D eigenvalue weighted by atomic mass is 32.1. The molecule has 3 aliphatic rings. The van der Waals surface area contributed by atoms with Crippen LogP contribution in [-0.4, -0.2) is 34.5 Å². The van der Waals surface area contributed by atoms with Gasteiger partial charge in [0.05, 0.1) is 45.2 Å². The molecule has 8 nitrogen and oxygen atoms in total. The predicted octanol–water partition coefficient (Wildman–Crippen LogP) is 29.0. The van der Waals surface area contributed by atoms with E-state index in [9.17, 15) is 0 Å². The maximum atomic E-state index is 6.35. The van der Waals surface area contributed by atoms with Crippen molar-refractivity contribution in [3.8, 4) is 130 Å². The zero-order valence-electron chi connectivity index (χ0n) is 67.2. The van der Waals surface area contributed by atoms with Crippen LogP contribution in [0, 0.1) is 0 Å². The van der Waals surface area contributed by atoms with E-state index in [1.807, 2.05) is 29.5 Å². The molecule has 21 aromatic rings. The molecule has 0 amide bonds. The number of hydrogen-bond donors (Lipinski definition) is 0. The fraction of sp³-hybridized carbons (Fsp3) is 0.0811. The first kappa shape index (κ1) is 71.9. The van der Waals surface area contributed by atoms with E-state index in [4.69, 9.17) is 34.3 Å². The van der Waals surface area contributed by atoms with E-state index in [1.165, 1.54) is 103 Å². The molecular weight excluding hydrogens is 1480 g/mol. The standard InChI is InChI=1S/C37H27N3.C37H26N2O.C37H26N2S/c1-37(2)30-20-9-6-19-29(30)35-33(37)34(24-13-4-3-5-14-24)38-36(39-35)25-15-12-16-26(23-25)40-31-21-10-7-17-27(31)28-18-8-11-22-32(28)40;2*1-37(2)30-20-8-6-17-29(30)34-32(37)33(23-12-4-3-5-13-23)38-36(39-34)25-15-10-14-24(22-25)26-18-11-19-28-27-16-7-9-21-31(27)40-35(26)28/h3-23H,1-2H3;2*3-22H,1-2H3. The Hall–Kier alpha value is -14.6. The second-order valence-corrected chi connectivity index (χ2v) is 34.2. The van der Waals surface area contributed by atoms with Gasteiger partial charge in [-0.05, 0) is 81.9 Å². The maximum absolute atomic E-state index is 6.35. The third-order valence-corrected chi connectivity index (χ3v) is 26.1. The lowest BCUT2D eigenvalue weighted by molar-refractivity contribution is 0.657. The van der Waals surface area contributed by atoms with Crippen LogP contribution in [0.15, 0.2) is 374 Å². The van der Waals surface area contributed by atoms with Gasteiger partial charge in [-0.2, -0.15) is 0 Å². The van der Waals surface area contributed by atoms with Crippen molar-refractivity contribution in [3.63, 3.8) is 0 Å². The molecule has 120 heavy (non-hydrogen) atoms. The minimum atomic E-state index is -0.200. The summed E-state index contributed by atoms with van der Waals surface area (Å²) in [6.45, 7) is 13.7. The number of aromatic nitrogens is 7. The van der Waals surface area contributed by atoms with Gasteiger partial charge in [-0.3, -0.25) is 0 Å². The normalized spacial score (nSPS) is 13.4. The van der Waals surface area contributed by atoms with E-state index in [1.54, 1.807) is 0 Å². The Morgan fingerprint density at radius 1 is 0.250 bits per heavy atom. The average molecular weight is 1560 g/mol. The van der Waals surface area contributed by atoms with Crippen LogP contribution in [0.4, 0.5) is 0 Å². The predicted molar refractivity (Wildman–Crippen MR) is 497 cm³/mol. The molecule has 6 aromatic heterocycles. The Balaban J connectivity index is 0.000000108. The summed E-state index contributed by atoms with van der Waals surface area (Å²) < 4.78 is 11.3. The van der Waals surface area contributed by atoms with Crippen molar-refractivity contribution < 1.29 is 4.42 Å². The van der Waals surface area contributed by atoms with Crippen molar-refractivity contribution in [2.24, 2.45) is 0 Å². The second-order valence-electron chi connectivity index (χ2n) is 33.1. The Bertz CT molecular complexity index is 7330. The highest BCUT2D eigenvalue weighted by Gasteiger charge is 2.43. The molecule has 0 saturated carbocycles. The second kappa shape index (κ2) is 28.3. The van der Waals surface area contributed by atoms with Gasteiger partial charge in [0.2, 0.25) is 0 Å². The van der Waals surface area contributed by atoms with Gasteiger partial charge < -0.3 is 8.98 Å². The zero-order valence-corrected chi connectivity index (χ0v) is 68.0. The van der Waals surface area contributed by atoms with Gasteiger partial charge in [0.1, 0.15) is 11.2 Å². The smallest absolute Gasteiger partial charge is 0.160 e. The fourth-order valence-electron chi connectivity index (χ4n) is 19.2. The molecule has 3 aliphatic carbocycles. The third kappa shape index (κ3) is 11.7. The van der Waals surface area contributed by atoms with Gasteiger partial charge >= 0.3 is 0 Å². The summed E-state index contributed by atoms with van der Waals surface area (Å²) in [6.07, 6.45) is 0. The number of rotatable bonds is 9. The van der Waals surface area contributed by atoms with Gasteiger partial charge in [-0.15, -0.1) is 11.3 Å². The van der Waals surface area contributed by atoms with Crippen LogP contribution in [0.1, 0.15) is 74.9 Å². The van der Waals surface area contributed by atoms with Gasteiger partial charge in [0, 0.05) is 136 Å². The Morgan fingerprint density at radius 3 is 1.07 bits per heavy atom. The van der Waals surface area contributed by atoms with Crippen molar-refractivity contribution in [2.75, 3.05) is 0 Å². The maximum Gasteiger partial charge on any atom is 0.160 e. The van der Waals surface area contributed by atoms with E-state index in [2.05, 4.69) is 398 Å². The van der Waals surface area contributed by atoms with E-state index >= 15 is 0 Å². The van der Waals surface area contributed by atoms with Crippen LogP contribution in [-0.2, 0) is 16.2 Å². The van der Waals surface area contributed by atoms with Crippen molar-refractivity contribution >= 4 is 75.3 Å². The van der Waals surface area contributed by atoms with Gasteiger partial charge in [0.25, 0.3) is 0 Å². The average Bonchev–Trinajstić information content (AvgIpc) is 1.56. The van der Waals surface area contributed by atoms with Crippen LogP contribution < -0.4 is 0 Å². The highest BCUT2D eigenvalue weighted by molar-refractivity contribution is 7.26. The Kier molecular flexibility index (Phi) is 17.0. The van der Waals surface area contributed by atoms with Gasteiger partial charge in [-0.1, -0.05) is 363 Å². The molecule has 0 radical (unpaired) electrons. The molecule has 0 N–H and O–H groups in total. The van der Waals surface area contributed by atoms with Crippen LogP contribution >= 0.6 is 11.3 Å². The van der Waals surface area contributed by atoms with Gasteiger partial charge in [0.15, 0.2) is 17.5 Å². The minimum absolute atomic E-state index is 0.186. The number of benzene rings is 15. The summed E-state index contributed by atoms with van der Waals surface area (Å²) in [5.74, 6) is 2.23. The number of hydrogen-bond acceptors (Lipinski definition) is 8. The topological polar surface area (TPSA) is 95.4 Å². The first-order valence-electron chi connectivity index (χ1n) is 41.1. The number of nitrogens with zero attached hydrogens (tertiary/aromatic N) is 7. The van der Waals surface area contributed by atoms with Crippen molar-refractivity contribution in [1.29, 1.82) is 0 Å². The molecule has 0 aliphatic heterocycles. The van der Waals surface area contributed by atoms with Crippen LogP contribution in [0.2, 0.25) is 0 Å². The number of furan rings is 1. The summed E-state index contributed by atoms with van der Waals surface area (Å²) in [5, 5.41) is 7.38. The monoisotopic (exact) mass is 1560 g/mol. The number of para-hydroxylation sites is 4. The molecule has 0 unspecified atom stereocenters. The fourth-order valence-corrected chi connectivity index (χ4v) is 20.5. The summed E-state index contributed by atoms with van der Waals surface area (Å²) in [4.78, 5) is 31.6. The first-order chi connectivity index (χ1) is 58.8. The van der Waals surface area contributed by atoms with Crippen molar-refractivity contribution in [1.82, 2.24) is 34.5 Å². The lowest BCUT2D eigenvalue weighted by Crippen LogP contribution is -2.17. The molecule has 570 valence electrons. The molecule has 6 heterocycles. The van der Waals surface area contributed by atoms with Crippen LogP contribution in [0.5, 0.6) is 0 Å². The number of fused-ring (bicyclic) bond motifs is 18. The van der Waals surface area contributed by atoms with E-state index in [0.29, 0.717) is 0 Å². The lowest BCUT2D eigenvalue weighted by atomic mass is 9.81. The van der Waals surface area contributed by atoms with E-state index in [0.717, 1.165) is 124 Å². The molecule has 0 bridgehead atoms. The molecule has 24 rings (SSSR count). The summed E-state index contributed by atoms with van der Waals surface area (Å²) >= 11 is 1.86. The van der Waals surface area contributed by atoms with Crippen LogP contribution in [0.3, 0.4) is 0 Å². The first-order valence-corrected chi connectivity index (χ1v) is 42.0. The SMILES string of the molecule is CC1(C)c2ccccc2-c2nc(-c3cccc(-c4cccc5c4oc4ccccc45)c3)nc(-c3ccccc3)c21.CC1(C)c2ccccc2-c2nc(-c3cccc(-c4cccc5c4sc4ccccc45)c3)nc(-c3ccccc3)c21.CC1(C)c2ccccc2-c2nc(-c3cccc(-n4c5ccccc5c5ccccc54)c3)nc(-c3ccccc3)c21. The molecule has 15 aromatic carbocycles. The summed E-state index contributed by atoms with van der Waals surface area (Å²) in [7, 11) is 0. The van der Waals surface area contributed by atoms with Crippen molar-refractivity contribution in [3.05, 3.63) is 403 Å². The molecular formula is C111H79N7OS. The molecule has 0 fully saturated rings. The Morgan fingerprint density at radius 2 is 0.583 bits per heavy atom. The summed E-state index contributed by atoms with van der Waals surface area (Å²) in [6, 6.07) is 130. The largest absolute Gasteiger partial charge is 0.455 e. The van der Waals surface area contributed by atoms with Crippen molar-refractivity contribution in [2.45, 2.75) is 57.8 Å².